The maximum absolute atomic E-state index is 11.9. The minimum Gasteiger partial charge on any atom is -0.464 e. The van der Waals surface area contributed by atoms with E-state index >= 15 is 0 Å². The van der Waals surface area contributed by atoms with Gasteiger partial charge in [-0.3, -0.25) is 0 Å². The van der Waals surface area contributed by atoms with Crippen molar-refractivity contribution in [2.75, 3.05) is 6.61 Å². The first-order valence-corrected chi connectivity index (χ1v) is 8.30. The third kappa shape index (κ3) is 4.18. The maximum atomic E-state index is 11.9. The summed E-state index contributed by atoms with van der Waals surface area (Å²) in [7, 11) is -3.79. The molecule has 0 atom stereocenters. The van der Waals surface area contributed by atoms with Crippen molar-refractivity contribution in [2.45, 2.75) is 37.0 Å². The van der Waals surface area contributed by atoms with E-state index in [1.807, 2.05) is 30.3 Å². The molecule has 1 aliphatic carbocycles. The predicted octanol–water partition coefficient (Wildman–Crippen LogP) is 2.11. The van der Waals surface area contributed by atoms with Gasteiger partial charge in [-0.05, 0) is 31.2 Å². The van der Waals surface area contributed by atoms with Gasteiger partial charge in [0.25, 0.3) is 0 Å². The smallest absolute Gasteiger partial charge is 0.418 e. The topological polar surface area (TPSA) is 92.7 Å². The highest BCUT2D eigenvalue weighted by atomic mass is 32.2. The number of carbonyl (C=O) groups is 1. The molecule has 1 aromatic carbocycles. The summed E-state index contributed by atoms with van der Waals surface area (Å²) in [6.45, 7) is 0.952. The van der Waals surface area contributed by atoms with E-state index in [-0.39, 0.29) is 0 Å². The maximum Gasteiger partial charge on any atom is 0.418 e. The van der Waals surface area contributed by atoms with Gasteiger partial charge in [0.05, 0.1) is 11.4 Å². The Bertz CT molecular complexity index is 581. The number of hydrogen-bond acceptors (Lipinski definition) is 4. The lowest BCUT2D eigenvalue weighted by atomic mass is 10.2. The van der Waals surface area contributed by atoms with Crippen LogP contribution in [0.4, 0.5) is 4.79 Å². The van der Waals surface area contributed by atoms with Crippen molar-refractivity contribution >= 4 is 16.1 Å². The molecule has 0 heterocycles. The lowest BCUT2D eigenvalue weighted by Gasteiger charge is -2.15. The fraction of sp³-hybridized carbons (Fsp3) is 0.500. The van der Waals surface area contributed by atoms with Gasteiger partial charge in [-0.15, -0.1) is 0 Å². The van der Waals surface area contributed by atoms with Gasteiger partial charge in [-0.1, -0.05) is 30.3 Å². The standard InChI is InChI=1S/C14H19NO5S/c16-13(17)15-21(18,19)14(8-9-14)7-4-10-20-11-12-5-2-1-3-6-12/h1-3,5-6,15H,4,7-11H2,(H,16,17). The van der Waals surface area contributed by atoms with Crippen LogP contribution in [0.1, 0.15) is 31.2 Å². The lowest BCUT2D eigenvalue weighted by molar-refractivity contribution is 0.116. The van der Waals surface area contributed by atoms with Gasteiger partial charge in [-0.25, -0.2) is 17.9 Å². The highest BCUT2D eigenvalue weighted by molar-refractivity contribution is 7.91. The van der Waals surface area contributed by atoms with Gasteiger partial charge in [0.15, 0.2) is 0 Å². The van der Waals surface area contributed by atoms with E-state index in [2.05, 4.69) is 0 Å². The summed E-state index contributed by atoms with van der Waals surface area (Å²) < 4.78 is 30.0. The Morgan fingerprint density at radius 2 is 1.95 bits per heavy atom. The summed E-state index contributed by atoms with van der Waals surface area (Å²) in [5, 5.41) is 8.56. The molecule has 0 aromatic heterocycles. The van der Waals surface area contributed by atoms with E-state index in [4.69, 9.17) is 9.84 Å². The summed E-state index contributed by atoms with van der Waals surface area (Å²) in [5.41, 5.74) is 1.07. The summed E-state index contributed by atoms with van der Waals surface area (Å²) in [6, 6.07) is 9.72. The molecule has 7 heteroatoms. The minimum atomic E-state index is -3.79. The first-order valence-electron chi connectivity index (χ1n) is 6.82. The molecular formula is C14H19NO5S. The second kappa shape index (κ2) is 6.44. The van der Waals surface area contributed by atoms with Crippen LogP contribution in [0, 0.1) is 0 Å². The Morgan fingerprint density at radius 3 is 2.52 bits per heavy atom. The molecule has 1 fully saturated rings. The zero-order valence-electron chi connectivity index (χ0n) is 11.6. The number of amides is 1. The average Bonchev–Trinajstić information content (AvgIpc) is 3.20. The molecule has 0 saturated heterocycles. The number of hydrogen-bond donors (Lipinski definition) is 2. The van der Waals surface area contributed by atoms with Crippen LogP contribution in [0.5, 0.6) is 0 Å². The monoisotopic (exact) mass is 313 g/mol. The van der Waals surface area contributed by atoms with Crippen LogP contribution in [0.15, 0.2) is 30.3 Å². The van der Waals surface area contributed by atoms with Crippen LogP contribution >= 0.6 is 0 Å². The fourth-order valence-electron chi connectivity index (χ4n) is 2.28. The number of carboxylic acid groups (broad SMARTS) is 1. The zero-order chi connectivity index (χ0) is 15.3. The highest BCUT2D eigenvalue weighted by Crippen LogP contribution is 2.46. The molecule has 0 bridgehead atoms. The van der Waals surface area contributed by atoms with Gasteiger partial charge in [0.2, 0.25) is 10.0 Å². The lowest BCUT2D eigenvalue weighted by Crippen LogP contribution is -2.39. The minimum absolute atomic E-state index is 0.421. The third-order valence-electron chi connectivity index (χ3n) is 3.63. The Labute approximate surface area is 124 Å². The second-order valence-electron chi connectivity index (χ2n) is 5.24. The fourth-order valence-corrected chi connectivity index (χ4v) is 3.78. The van der Waals surface area contributed by atoms with Gasteiger partial charge >= 0.3 is 6.09 Å². The molecule has 0 unspecified atom stereocenters. The third-order valence-corrected chi connectivity index (χ3v) is 5.83. The van der Waals surface area contributed by atoms with Crippen molar-refractivity contribution in [2.24, 2.45) is 0 Å². The summed E-state index contributed by atoms with van der Waals surface area (Å²) in [6.07, 6.45) is 0.502. The molecule has 0 spiro atoms. The Balaban J connectivity index is 1.72. The van der Waals surface area contributed by atoms with Crippen LogP contribution in [-0.2, 0) is 21.4 Å². The molecule has 1 saturated carbocycles. The molecule has 0 radical (unpaired) electrons. The van der Waals surface area contributed by atoms with Crippen molar-refractivity contribution in [3.63, 3.8) is 0 Å². The van der Waals surface area contributed by atoms with Crippen LogP contribution < -0.4 is 4.72 Å². The summed E-state index contributed by atoms with van der Waals surface area (Å²) in [4.78, 5) is 10.5. The van der Waals surface area contributed by atoms with Crippen molar-refractivity contribution in [3.05, 3.63) is 35.9 Å². The number of sulfonamides is 1. The summed E-state index contributed by atoms with van der Waals surface area (Å²) in [5.74, 6) is 0. The van der Waals surface area contributed by atoms with Crippen molar-refractivity contribution in [1.29, 1.82) is 0 Å². The first-order chi connectivity index (χ1) is 9.95. The first kappa shape index (κ1) is 15.8. The van der Waals surface area contributed by atoms with Crippen molar-refractivity contribution in [1.82, 2.24) is 4.72 Å². The molecular weight excluding hydrogens is 294 g/mol. The molecule has 2 N–H and O–H groups in total. The normalized spacial score (nSPS) is 16.4. The highest BCUT2D eigenvalue weighted by Gasteiger charge is 2.54. The quantitative estimate of drug-likeness (QED) is 0.717. The average molecular weight is 313 g/mol. The molecule has 0 aliphatic heterocycles. The molecule has 1 aliphatic rings. The van der Waals surface area contributed by atoms with E-state index in [0.717, 1.165) is 5.56 Å². The van der Waals surface area contributed by atoms with Gasteiger partial charge in [0.1, 0.15) is 0 Å². The van der Waals surface area contributed by atoms with Gasteiger partial charge in [-0.2, -0.15) is 0 Å². The van der Waals surface area contributed by atoms with E-state index in [1.54, 1.807) is 4.72 Å². The Morgan fingerprint density at radius 1 is 1.29 bits per heavy atom. The van der Waals surface area contributed by atoms with E-state index in [0.29, 0.717) is 38.9 Å². The van der Waals surface area contributed by atoms with Gasteiger partial charge < -0.3 is 9.84 Å². The van der Waals surface area contributed by atoms with E-state index in [1.165, 1.54) is 0 Å². The van der Waals surface area contributed by atoms with Crippen LogP contribution in [-0.4, -0.2) is 31.0 Å². The molecule has 1 amide bonds. The number of benzene rings is 1. The molecule has 1 aromatic rings. The van der Waals surface area contributed by atoms with Crippen LogP contribution in [0.2, 0.25) is 0 Å². The number of rotatable bonds is 8. The van der Waals surface area contributed by atoms with Crippen molar-refractivity contribution in [3.8, 4) is 0 Å². The van der Waals surface area contributed by atoms with Crippen LogP contribution in [0.3, 0.4) is 0 Å². The molecule has 21 heavy (non-hydrogen) atoms. The van der Waals surface area contributed by atoms with Crippen molar-refractivity contribution < 1.29 is 23.1 Å². The number of nitrogens with one attached hydrogen (secondary N) is 1. The SMILES string of the molecule is O=C(O)NS(=O)(=O)C1(CCCOCc2ccccc2)CC1. The second-order valence-corrected chi connectivity index (χ2v) is 7.31. The Kier molecular flexibility index (Phi) is 4.84. The molecule has 6 nitrogen and oxygen atoms in total. The van der Waals surface area contributed by atoms with Crippen LogP contribution in [0.25, 0.3) is 0 Å². The molecule has 116 valence electrons. The largest absolute Gasteiger partial charge is 0.464 e. The van der Waals surface area contributed by atoms with E-state index in [9.17, 15) is 13.2 Å². The Hall–Kier alpha value is -1.60. The predicted molar refractivity (Wildman–Crippen MR) is 77.4 cm³/mol. The summed E-state index contributed by atoms with van der Waals surface area (Å²) >= 11 is 0. The number of ether oxygens (including phenoxy) is 1. The molecule has 2 rings (SSSR count). The van der Waals surface area contributed by atoms with E-state index < -0.39 is 20.9 Å². The van der Waals surface area contributed by atoms with Gasteiger partial charge in [0, 0.05) is 6.61 Å². The zero-order valence-corrected chi connectivity index (χ0v) is 12.4.